The summed E-state index contributed by atoms with van der Waals surface area (Å²) in [6.07, 6.45) is 3.65. The van der Waals surface area contributed by atoms with E-state index in [1.807, 2.05) is 30.5 Å². The fourth-order valence-corrected chi connectivity index (χ4v) is 1.96. The smallest absolute Gasteiger partial charge is 0.264 e. The maximum Gasteiger partial charge on any atom is 0.264 e. The molecule has 7 heteroatoms. The number of rotatable bonds is 5. The Balaban J connectivity index is 1.85. The van der Waals surface area contributed by atoms with Crippen LogP contribution in [0.3, 0.4) is 0 Å². The number of aromatic nitrogens is 2. The number of benzene rings is 1. The molecule has 2 rings (SSSR count). The minimum atomic E-state index is -0.294. The highest BCUT2D eigenvalue weighted by Gasteiger charge is 2.03. The molecule has 3 N–H and O–H groups in total. The van der Waals surface area contributed by atoms with Crippen molar-refractivity contribution in [2.75, 3.05) is 6.26 Å². The molecule has 0 saturated heterocycles. The summed E-state index contributed by atoms with van der Waals surface area (Å²) >= 11 is 1.66. The maximum absolute atomic E-state index is 11.5. The first-order valence-corrected chi connectivity index (χ1v) is 7.12. The van der Waals surface area contributed by atoms with Gasteiger partial charge in [-0.05, 0) is 24.0 Å². The van der Waals surface area contributed by atoms with E-state index < -0.39 is 0 Å². The van der Waals surface area contributed by atoms with Crippen LogP contribution in [0.5, 0.6) is 0 Å². The molecule has 0 spiro atoms. The summed E-state index contributed by atoms with van der Waals surface area (Å²) in [6, 6.07) is 9.15. The molecule has 1 aromatic heterocycles. The van der Waals surface area contributed by atoms with E-state index in [1.165, 1.54) is 11.0 Å². The monoisotopic (exact) mass is 290 g/mol. The molecule has 1 heterocycles. The van der Waals surface area contributed by atoms with Crippen molar-refractivity contribution >= 4 is 23.9 Å². The zero-order valence-corrected chi connectivity index (χ0v) is 11.7. The van der Waals surface area contributed by atoms with Gasteiger partial charge >= 0.3 is 0 Å². The third-order valence-corrected chi connectivity index (χ3v) is 3.26. The van der Waals surface area contributed by atoms with Gasteiger partial charge in [-0.25, -0.2) is 5.43 Å². The second-order valence-electron chi connectivity index (χ2n) is 4.03. The number of hydrogen-bond acceptors (Lipinski definition) is 4. The number of aromatic amines is 2. The number of hydrogen-bond donors (Lipinski definition) is 3. The van der Waals surface area contributed by atoms with E-state index in [0.717, 1.165) is 5.56 Å². The molecular weight excluding hydrogens is 276 g/mol. The number of hydrazone groups is 1. The van der Waals surface area contributed by atoms with Gasteiger partial charge in [-0.1, -0.05) is 12.1 Å². The lowest BCUT2D eigenvalue weighted by atomic mass is 10.2. The lowest BCUT2D eigenvalue weighted by molar-refractivity contribution is -0.120. The molecule has 0 aliphatic rings. The van der Waals surface area contributed by atoms with Gasteiger partial charge in [0, 0.05) is 16.7 Å². The average Bonchev–Trinajstić information content (AvgIpc) is 2.85. The van der Waals surface area contributed by atoms with Gasteiger partial charge in [0.25, 0.3) is 5.56 Å². The van der Waals surface area contributed by atoms with Gasteiger partial charge in [-0.2, -0.15) is 5.10 Å². The minimum absolute atomic E-state index is 0.0709. The Morgan fingerprint density at radius 2 is 2.10 bits per heavy atom. The maximum atomic E-state index is 11.5. The quantitative estimate of drug-likeness (QED) is 0.438. The summed E-state index contributed by atoms with van der Waals surface area (Å²) in [5.74, 6) is -0.294. The van der Waals surface area contributed by atoms with Crippen LogP contribution in [-0.4, -0.2) is 28.6 Å². The third kappa shape index (κ3) is 4.13. The molecule has 6 nitrogen and oxygen atoms in total. The van der Waals surface area contributed by atoms with Crippen LogP contribution in [0, 0.1) is 0 Å². The fraction of sp³-hybridized carbons (Fsp3) is 0.154. The average molecular weight is 290 g/mol. The molecule has 1 aromatic carbocycles. The number of carbonyl (C=O) groups excluding carboxylic acids is 1. The van der Waals surface area contributed by atoms with Crippen LogP contribution in [0.15, 0.2) is 45.1 Å². The summed E-state index contributed by atoms with van der Waals surface area (Å²) < 4.78 is 0. The second-order valence-corrected chi connectivity index (χ2v) is 4.91. The number of carbonyl (C=O) groups is 1. The molecule has 0 aliphatic carbocycles. The number of nitrogens with one attached hydrogen (secondary N) is 3. The molecule has 0 atom stereocenters. The van der Waals surface area contributed by atoms with Crippen molar-refractivity contribution in [1.29, 1.82) is 0 Å². The summed E-state index contributed by atoms with van der Waals surface area (Å²) in [4.78, 5) is 23.6. The minimum Gasteiger partial charge on any atom is -0.302 e. The third-order valence-electron chi connectivity index (χ3n) is 2.52. The lowest BCUT2D eigenvalue weighted by Gasteiger charge is -1.98. The van der Waals surface area contributed by atoms with Crippen molar-refractivity contribution in [1.82, 2.24) is 15.6 Å². The largest absolute Gasteiger partial charge is 0.302 e. The highest BCUT2D eigenvalue weighted by atomic mass is 32.2. The molecule has 0 fully saturated rings. The van der Waals surface area contributed by atoms with Gasteiger partial charge in [0.15, 0.2) is 0 Å². The zero-order valence-electron chi connectivity index (χ0n) is 10.8. The van der Waals surface area contributed by atoms with Crippen molar-refractivity contribution in [2.45, 2.75) is 11.3 Å². The van der Waals surface area contributed by atoms with Crippen LogP contribution in [-0.2, 0) is 11.2 Å². The van der Waals surface area contributed by atoms with Crippen LogP contribution in [0.25, 0.3) is 0 Å². The van der Waals surface area contributed by atoms with Gasteiger partial charge in [-0.3, -0.25) is 14.7 Å². The first-order chi connectivity index (χ1) is 9.67. The highest BCUT2D eigenvalue weighted by molar-refractivity contribution is 7.98. The molecule has 0 bridgehead atoms. The summed E-state index contributed by atoms with van der Waals surface area (Å²) in [6.45, 7) is 0. The second kappa shape index (κ2) is 6.76. The fourth-order valence-electron chi connectivity index (χ4n) is 1.55. The Bertz CT molecular complexity index is 658. The molecular formula is C13H14N4O2S. The van der Waals surface area contributed by atoms with Crippen molar-refractivity contribution < 1.29 is 4.79 Å². The van der Waals surface area contributed by atoms with Crippen molar-refractivity contribution in [2.24, 2.45) is 5.10 Å². The number of H-pyrrole nitrogens is 2. The Morgan fingerprint density at radius 3 is 2.70 bits per heavy atom. The normalized spacial score (nSPS) is 10.8. The molecule has 20 heavy (non-hydrogen) atoms. The standard InChI is InChI=1S/C13H14N4O2S/c1-20-11-4-2-9(3-5-11)8-14-16-12(18)6-10-7-13(19)17-15-10/h2-5,7-8H,6H2,1H3,(H,16,18)(H2,15,17,19)/b14-8+. The first-order valence-electron chi connectivity index (χ1n) is 5.90. The van der Waals surface area contributed by atoms with Gasteiger partial charge in [0.2, 0.25) is 5.91 Å². The van der Waals surface area contributed by atoms with E-state index >= 15 is 0 Å². The Labute approximate surface area is 119 Å². The van der Waals surface area contributed by atoms with Crippen molar-refractivity contribution in [3.8, 4) is 0 Å². The van der Waals surface area contributed by atoms with E-state index in [2.05, 4.69) is 20.7 Å². The molecule has 104 valence electrons. The van der Waals surface area contributed by atoms with E-state index in [4.69, 9.17) is 0 Å². The molecule has 0 radical (unpaired) electrons. The van der Waals surface area contributed by atoms with Crippen LogP contribution in [0.1, 0.15) is 11.3 Å². The highest BCUT2D eigenvalue weighted by Crippen LogP contribution is 2.13. The van der Waals surface area contributed by atoms with Gasteiger partial charge in [0.1, 0.15) is 0 Å². The number of nitrogens with zero attached hydrogens (tertiary/aromatic N) is 1. The zero-order chi connectivity index (χ0) is 14.4. The van der Waals surface area contributed by atoms with E-state index in [1.54, 1.807) is 18.0 Å². The molecule has 0 saturated carbocycles. The topological polar surface area (TPSA) is 90.1 Å². The van der Waals surface area contributed by atoms with E-state index in [-0.39, 0.29) is 17.9 Å². The Hall–Kier alpha value is -2.28. The van der Waals surface area contributed by atoms with Crippen LogP contribution < -0.4 is 11.0 Å². The number of amides is 1. The van der Waals surface area contributed by atoms with Crippen LogP contribution >= 0.6 is 11.8 Å². The molecule has 0 aliphatic heterocycles. The summed E-state index contributed by atoms with van der Waals surface area (Å²) in [5, 5.41) is 8.84. The Kier molecular flexibility index (Phi) is 4.78. The SMILES string of the molecule is CSc1ccc(/C=N/NC(=O)Cc2cc(=O)[nH][nH]2)cc1. The van der Waals surface area contributed by atoms with Crippen LogP contribution in [0.2, 0.25) is 0 Å². The van der Waals surface area contributed by atoms with Gasteiger partial charge in [-0.15, -0.1) is 11.8 Å². The molecule has 1 amide bonds. The lowest BCUT2D eigenvalue weighted by Crippen LogP contribution is -2.20. The molecule has 0 unspecified atom stereocenters. The predicted molar refractivity (Wildman–Crippen MR) is 79.1 cm³/mol. The van der Waals surface area contributed by atoms with Gasteiger partial charge < -0.3 is 5.10 Å². The number of thioether (sulfide) groups is 1. The van der Waals surface area contributed by atoms with E-state index in [9.17, 15) is 9.59 Å². The Morgan fingerprint density at radius 1 is 1.35 bits per heavy atom. The summed E-state index contributed by atoms with van der Waals surface area (Å²) in [5.41, 5.74) is 3.57. The van der Waals surface area contributed by atoms with Gasteiger partial charge in [0.05, 0.1) is 12.6 Å². The molecule has 2 aromatic rings. The first kappa shape index (κ1) is 14.1. The van der Waals surface area contributed by atoms with Crippen LogP contribution in [0.4, 0.5) is 0 Å². The van der Waals surface area contributed by atoms with Crippen molar-refractivity contribution in [3.63, 3.8) is 0 Å². The van der Waals surface area contributed by atoms with Crippen molar-refractivity contribution in [3.05, 3.63) is 51.9 Å². The van der Waals surface area contributed by atoms with E-state index in [0.29, 0.717) is 5.69 Å². The predicted octanol–water partition coefficient (Wildman–Crippen LogP) is 1.12. The summed E-state index contributed by atoms with van der Waals surface area (Å²) in [7, 11) is 0.